The standard InChI is InChI=1S/C18H30/c1-5-7-9-17(10-8-6-2)18-13-11-16(12-14-18)15(3)4/h11-15,17H,5-10H2,1-4H3. The third-order valence-electron chi connectivity index (χ3n) is 3.89. The highest BCUT2D eigenvalue weighted by atomic mass is 14.2. The van der Waals surface area contributed by atoms with Crippen LogP contribution < -0.4 is 0 Å². The summed E-state index contributed by atoms with van der Waals surface area (Å²) in [6.07, 6.45) is 8.06. The zero-order valence-electron chi connectivity index (χ0n) is 12.7. The van der Waals surface area contributed by atoms with Crippen LogP contribution in [-0.2, 0) is 0 Å². The largest absolute Gasteiger partial charge is 0.0654 e. The van der Waals surface area contributed by atoms with Gasteiger partial charge in [-0.25, -0.2) is 0 Å². The van der Waals surface area contributed by atoms with E-state index in [4.69, 9.17) is 0 Å². The fourth-order valence-electron chi connectivity index (χ4n) is 2.53. The zero-order chi connectivity index (χ0) is 13.4. The van der Waals surface area contributed by atoms with Crippen molar-refractivity contribution in [3.63, 3.8) is 0 Å². The van der Waals surface area contributed by atoms with E-state index in [2.05, 4.69) is 52.0 Å². The predicted molar refractivity (Wildman–Crippen MR) is 82.3 cm³/mol. The van der Waals surface area contributed by atoms with Crippen molar-refractivity contribution in [1.29, 1.82) is 0 Å². The van der Waals surface area contributed by atoms with Gasteiger partial charge in [0.1, 0.15) is 0 Å². The van der Waals surface area contributed by atoms with Gasteiger partial charge in [-0.3, -0.25) is 0 Å². The molecule has 102 valence electrons. The van der Waals surface area contributed by atoms with Crippen molar-refractivity contribution in [2.75, 3.05) is 0 Å². The summed E-state index contributed by atoms with van der Waals surface area (Å²) in [5.74, 6) is 1.43. The summed E-state index contributed by atoms with van der Waals surface area (Å²) in [6.45, 7) is 9.11. The highest BCUT2D eigenvalue weighted by Crippen LogP contribution is 2.28. The molecule has 0 amide bonds. The summed E-state index contributed by atoms with van der Waals surface area (Å²) >= 11 is 0. The first-order chi connectivity index (χ1) is 8.69. The Kier molecular flexibility index (Phi) is 7.08. The summed E-state index contributed by atoms with van der Waals surface area (Å²) in [5.41, 5.74) is 3.02. The van der Waals surface area contributed by atoms with Gasteiger partial charge in [-0.1, -0.05) is 77.6 Å². The SMILES string of the molecule is CCCCC(CCCC)c1ccc(C(C)C)cc1. The maximum absolute atomic E-state index is 2.37. The summed E-state index contributed by atoms with van der Waals surface area (Å²) in [4.78, 5) is 0. The smallest absolute Gasteiger partial charge is 0.0162 e. The topological polar surface area (TPSA) is 0 Å². The fraction of sp³-hybridized carbons (Fsp3) is 0.667. The van der Waals surface area contributed by atoms with E-state index < -0.39 is 0 Å². The zero-order valence-corrected chi connectivity index (χ0v) is 12.7. The maximum atomic E-state index is 2.37. The van der Waals surface area contributed by atoms with E-state index in [1.807, 2.05) is 0 Å². The molecule has 0 unspecified atom stereocenters. The molecule has 0 spiro atoms. The monoisotopic (exact) mass is 246 g/mol. The molecule has 0 aromatic heterocycles. The number of benzene rings is 1. The number of hydrogen-bond donors (Lipinski definition) is 0. The molecule has 0 bridgehead atoms. The highest BCUT2D eigenvalue weighted by Gasteiger charge is 2.11. The average molecular weight is 246 g/mol. The van der Waals surface area contributed by atoms with E-state index in [-0.39, 0.29) is 0 Å². The molecule has 0 aliphatic heterocycles. The molecule has 0 radical (unpaired) electrons. The van der Waals surface area contributed by atoms with Crippen LogP contribution in [0, 0.1) is 0 Å². The summed E-state index contributed by atoms with van der Waals surface area (Å²) in [6, 6.07) is 9.38. The predicted octanol–water partition coefficient (Wildman–Crippen LogP) is 6.27. The van der Waals surface area contributed by atoms with Gasteiger partial charge in [0.25, 0.3) is 0 Å². The van der Waals surface area contributed by atoms with Crippen LogP contribution in [0.2, 0.25) is 0 Å². The molecule has 0 aliphatic rings. The van der Waals surface area contributed by atoms with Crippen molar-refractivity contribution >= 4 is 0 Å². The van der Waals surface area contributed by atoms with Crippen LogP contribution in [0.3, 0.4) is 0 Å². The molecule has 18 heavy (non-hydrogen) atoms. The van der Waals surface area contributed by atoms with Crippen molar-refractivity contribution in [3.05, 3.63) is 35.4 Å². The van der Waals surface area contributed by atoms with E-state index in [0.29, 0.717) is 5.92 Å². The second-order valence-electron chi connectivity index (χ2n) is 5.80. The van der Waals surface area contributed by atoms with Gasteiger partial charge in [-0.05, 0) is 35.8 Å². The van der Waals surface area contributed by atoms with Gasteiger partial charge in [0.05, 0.1) is 0 Å². The van der Waals surface area contributed by atoms with Gasteiger partial charge < -0.3 is 0 Å². The van der Waals surface area contributed by atoms with Gasteiger partial charge in [0.2, 0.25) is 0 Å². The first-order valence-electron chi connectivity index (χ1n) is 7.78. The summed E-state index contributed by atoms with van der Waals surface area (Å²) in [5, 5.41) is 0. The van der Waals surface area contributed by atoms with Crippen molar-refractivity contribution in [2.45, 2.75) is 78.1 Å². The minimum Gasteiger partial charge on any atom is -0.0654 e. The third-order valence-corrected chi connectivity index (χ3v) is 3.89. The van der Waals surface area contributed by atoms with Gasteiger partial charge in [-0.15, -0.1) is 0 Å². The van der Waals surface area contributed by atoms with Crippen LogP contribution >= 0.6 is 0 Å². The van der Waals surface area contributed by atoms with E-state index in [0.717, 1.165) is 5.92 Å². The maximum Gasteiger partial charge on any atom is -0.0162 e. The lowest BCUT2D eigenvalue weighted by molar-refractivity contribution is 0.525. The molecule has 0 saturated carbocycles. The number of rotatable bonds is 8. The minimum absolute atomic E-state index is 0.642. The molecule has 1 aromatic rings. The normalized spacial score (nSPS) is 11.4. The summed E-state index contributed by atoms with van der Waals surface area (Å²) < 4.78 is 0. The highest BCUT2D eigenvalue weighted by molar-refractivity contribution is 5.27. The second kappa shape index (κ2) is 8.34. The third kappa shape index (κ3) is 4.84. The average Bonchev–Trinajstić information content (AvgIpc) is 2.39. The van der Waals surface area contributed by atoms with Crippen molar-refractivity contribution in [3.8, 4) is 0 Å². The first kappa shape index (κ1) is 15.3. The van der Waals surface area contributed by atoms with Crippen molar-refractivity contribution in [1.82, 2.24) is 0 Å². The lowest BCUT2D eigenvalue weighted by Gasteiger charge is -2.18. The first-order valence-corrected chi connectivity index (χ1v) is 7.78. The van der Waals surface area contributed by atoms with Crippen LogP contribution in [0.1, 0.15) is 89.2 Å². The molecule has 0 aliphatic carbocycles. The molecule has 0 nitrogen and oxygen atoms in total. The Morgan fingerprint density at radius 3 is 1.61 bits per heavy atom. The van der Waals surface area contributed by atoms with Gasteiger partial charge >= 0.3 is 0 Å². The van der Waals surface area contributed by atoms with Crippen molar-refractivity contribution in [2.24, 2.45) is 0 Å². The van der Waals surface area contributed by atoms with E-state index >= 15 is 0 Å². The van der Waals surface area contributed by atoms with Gasteiger partial charge in [-0.2, -0.15) is 0 Å². The van der Waals surface area contributed by atoms with E-state index in [1.165, 1.54) is 44.1 Å². The Morgan fingerprint density at radius 2 is 1.22 bits per heavy atom. The van der Waals surface area contributed by atoms with Crippen LogP contribution in [0.4, 0.5) is 0 Å². The number of unbranched alkanes of at least 4 members (excludes halogenated alkanes) is 2. The second-order valence-corrected chi connectivity index (χ2v) is 5.80. The minimum atomic E-state index is 0.642. The Labute approximate surface area is 114 Å². The molecule has 0 N–H and O–H groups in total. The molecule has 0 saturated heterocycles. The fourth-order valence-corrected chi connectivity index (χ4v) is 2.53. The lowest BCUT2D eigenvalue weighted by Crippen LogP contribution is -2.00. The quantitative estimate of drug-likeness (QED) is 0.507. The van der Waals surface area contributed by atoms with Crippen LogP contribution in [0.15, 0.2) is 24.3 Å². The Bertz CT molecular complexity index is 299. The molecule has 0 heterocycles. The van der Waals surface area contributed by atoms with Crippen LogP contribution in [-0.4, -0.2) is 0 Å². The molecule has 0 heteroatoms. The summed E-state index contributed by atoms with van der Waals surface area (Å²) in [7, 11) is 0. The Hall–Kier alpha value is -0.780. The van der Waals surface area contributed by atoms with Gasteiger partial charge in [0.15, 0.2) is 0 Å². The Morgan fingerprint density at radius 1 is 0.778 bits per heavy atom. The van der Waals surface area contributed by atoms with E-state index in [9.17, 15) is 0 Å². The van der Waals surface area contributed by atoms with Crippen LogP contribution in [0.25, 0.3) is 0 Å². The molecular formula is C18H30. The molecular weight excluding hydrogens is 216 g/mol. The van der Waals surface area contributed by atoms with E-state index in [1.54, 1.807) is 5.56 Å². The van der Waals surface area contributed by atoms with Crippen molar-refractivity contribution < 1.29 is 0 Å². The molecule has 0 fully saturated rings. The Balaban J connectivity index is 2.70. The molecule has 0 atom stereocenters. The lowest BCUT2D eigenvalue weighted by atomic mass is 9.88. The molecule has 1 aromatic carbocycles. The number of hydrogen-bond acceptors (Lipinski definition) is 0. The van der Waals surface area contributed by atoms with Crippen LogP contribution in [0.5, 0.6) is 0 Å². The molecule has 1 rings (SSSR count). The van der Waals surface area contributed by atoms with Gasteiger partial charge in [0, 0.05) is 0 Å².